The Bertz CT molecular complexity index is 924. The molecule has 0 bridgehead atoms. The zero-order chi connectivity index (χ0) is 14.9. The average molecular weight is 286 g/mol. The Balaban J connectivity index is 2.04. The number of rotatable bonds is 2. The first kappa shape index (κ1) is 12.6. The van der Waals surface area contributed by atoms with Crippen LogP contribution in [0.2, 0.25) is 0 Å². The molecule has 2 heterocycles. The van der Waals surface area contributed by atoms with Gasteiger partial charge >= 0.3 is 0 Å². The lowest BCUT2D eigenvalue weighted by Crippen LogP contribution is -1.98. The normalized spacial score (nSPS) is 10.9. The van der Waals surface area contributed by atoms with Gasteiger partial charge in [0, 0.05) is 23.1 Å². The second kappa shape index (κ2) is 5.00. The third-order valence-electron chi connectivity index (χ3n) is 3.60. The number of aromatic nitrogens is 3. The summed E-state index contributed by atoms with van der Waals surface area (Å²) >= 11 is 0. The van der Waals surface area contributed by atoms with Crippen molar-refractivity contribution in [1.82, 2.24) is 14.5 Å². The van der Waals surface area contributed by atoms with Crippen LogP contribution in [-0.4, -0.2) is 14.5 Å². The summed E-state index contributed by atoms with van der Waals surface area (Å²) in [6.07, 6.45) is 1.79. The average Bonchev–Trinajstić information content (AvgIpc) is 2.96. The second-order valence-electron chi connectivity index (χ2n) is 5.07. The van der Waals surface area contributed by atoms with Crippen molar-refractivity contribution in [1.29, 1.82) is 0 Å². The van der Waals surface area contributed by atoms with E-state index in [1.54, 1.807) is 6.20 Å². The Morgan fingerprint density at radius 2 is 1.59 bits per heavy atom. The van der Waals surface area contributed by atoms with E-state index < -0.39 is 0 Å². The van der Waals surface area contributed by atoms with Gasteiger partial charge in [0.25, 0.3) is 0 Å². The fraction of sp³-hybridized carbons (Fsp3) is 0. The fourth-order valence-corrected chi connectivity index (χ4v) is 2.56. The molecule has 0 aliphatic carbocycles. The molecule has 4 nitrogen and oxygen atoms in total. The third-order valence-corrected chi connectivity index (χ3v) is 3.60. The predicted octanol–water partition coefficient (Wildman–Crippen LogP) is 3.67. The van der Waals surface area contributed by atoms with Gasteiger partial charge in [-0.2, -0.15) is 0 Å². The number of anilines is 1. The van der Waals surface area contributed by atoms with E-state index in [9.17, 15) is 0 Å². The standard InChI is InChI=1S/C18H14N4/c19-14-10-8-13(9-11-14)17-21-16-7-4-12-20-18(16)22(17)15-5-2-1-3-6-15/h1-12H,19H2. The molecule has 2 aromatic carbocycles. The molecule has 0 radical (unpaired) electrons. The van der Waals surface area contributed by atoms with Crippen molar-refractivity contribution in [3.63, 3.8) is 0 Å². The highest BCUT2D eigenvalue weighted by atomic mass is 15.1. The van der Waals surface area contributed by atoms with E-state index in [1.165, 1.54) is 0 Å². The van der Waals surface area contributed by atoms with Crippen LogP contribution in [0.25, 0.3) is 28.2 Å². The van der Waals surface area contributed by atoms with E-state index in [2.05, 4.69) is 21.7 Å². The summed E-state index contributed by atoms with van der Waals surface area (Å²) in [5, 5.41) is 0. The number of para-hydroxylation sites is 1. The minimum absolute atomic E-state index is 0.740. The summed E-state index contributed by atoms with van der Waals surface area (Å²) in [5.41, 5.74) is 10.3. The van der Waals surface area contributed by atoms with E-state index in [4.69, 9.17) is 10.7 Å². The molecule has 0 aliphatic rings. The van der Waals surface area contributed by atoms with Crippen molar-refractivity contribution >= 4 is 16.9 Å². The van der Waals surface area contributed by atoms with Gasteiger partial charge in [0.05, 0.1) is 0 Å². The smallest absolute Gasteiger partial charge is 0.164 e. The fourth-order valence-electron chi connectivity index (χ4n) is 2.56. The van der Waals surface area contributed by atoms with Gasteiger partial charge in [0.1, 0.15) is 11.3 Å². The lowest BCUT2D eigenvalue weighted by Gasteiger charge is -2.08. The molecule has 0 atom stereocenters. The first-order valence-corrected chi connectivity index (χ1v) is 7.08. The van der Waals surface area contributed by atoms with Crippen LogP contribution in [0.1, 0.15) is 0 Å². The van der Waals surface area contributed by atoms with Crippen molar-refractivity contribution in [2.75, 3.05) is 5.73 Å². The van der Waals surface area contributed by atoms with Crippen LogP contribution in [0.4, 0.5) is 5.69 Å². The monoisotopic (exact) mass is 286 g/mol. The Morgan fingerprint density at radius 3 is 2.36 bits per heavy atom. The van der Waals surface area contributed by atoms with Crippen LogP contribution in [0.3, 0.4) is 0 Å². The number of hydrogen-bond acceptors (Lipinski definition) is 3. The summed E-state index contributed by atoms with van der Waals surface area (Å²) in [4.78, 5) is 9.25. The molecule has 0 saturated heterocycles. The van der Waals surface area contributed by atoms with Gasteiger partial charge in [-0.15, -0.1) is 0 Å². The molecule has 0 saturated carbocycles. The quantitative estimate of drug-likeness (QED) is 0.572. The van der Waals surface area contributed by atoms with Crippen LogP contribution in [-0.2, 0) is 0 Å². The summed E-state index contributed by atoms with van der Waals surface area (Å²) in [7, 11) is 0. The molecule has 2 aromatic heterocycles. The molecule has 0 amide bonds. The zero-order valence-corrected chi connectivity index (χ0v) is 11.8. The first-order chi connectivity index (χ1) is 10.8. The van der Waals surface area contributed by atoms with Gasteiger partial charge in [0.2, 0.25) is 0 Å². The largest absolute Gasteiger partial charge is 0.399 e. The van der Waals surface area contributed by atoms with Crippen molar-refractivity contribution < 1.29 is 0 Å². The summed E-state index contributed by atoms with van der Waals surface area (Å²) < 4.78 is 2.07. The van der Waals surface area contributed by atoms with Gasteiger partial charge in [-0.3, -0.25) is 4.57 Å². The van der Waals surface area contributed by atoms with Crippen LogP contribution in [0.5, 0.6) is 0 Å². The highest BCUT2D eigenvalue weighted by Crippen LogP contribution is 2.27. The van der Waals surface area contributed by atoms with Crippen molar-refractivity contribution in [3.8, 4) is 17.1 Å². The molecule has 0 unspecified atom stereocenters. The number of imidazole rings is 1. The predicted molar refractivity (Wildman–Crippen MR) is 88.7 cm³/mol. The topological polar surface area (TPSA) is 56.7 Å². The lowest BCUT2D eigenvalue weighted by atomic mass is 10.2. The van der Waals surface area contributed by atoms with Crippen molar-refractivity contribution in [2.24, 2.45) is 0 Å². The molecule has 4 heteroatoms. The molecule has 22 heavy (non-hydrogen) atoms. The number of benzene rings is 2. The maximum Gasteiger partial charge on any atom is 0.164 e. The van der Waals surface area contributed by atoms with Gasteiger partial charge in [0.15, 0.2) is 5.65 Å². The van der Waals surface area contributed by atoms with Gasteiger partial charge in [-0.05, 0) is 48.5 Å². The number of nitrogens with two attached hydrogens (primary N) is 1. The van der Waals surface area contributed by atoms with E-state index in [1.807, 2.05) is 54.6 Å². The van der Waals surface area contributed by atoms with Gasteiger partial charge in [-0.1, -0.05) is 18.2 Å². The number of hydrogen-bond donors (Lipinski definition) is 1. The molecule has 0 aliphatic heterocycles. The maximum atomic E-state index is 5.79. The van der Waals surface area contributed by atoms with Crippen LogP contribution < -0.4 is 5.73 Å². The molecule has 0 fully saturated rings. The summed E-state index contributed by atoms with van der Waals surface area (Å²) in [6.45, 7) is 0. The third kappa shape index (κ3) is 2.02. The number of nitrogen functional groups attached to an aromatic ring is 1. The maximum absolute atomic E-state index is 5.79. The number of pyridine rings is 1. The number of nitrogens with zero attached hydrogens (tertiary/aromatic N) is 3. The van der Waals surface area contributed by atoms with E-state index in [-0.39, 0.29) is 0 Å². The Kier molecular flexibility index (Phi) is 2.86. The minimum atomic E-state index is 0.740. The number of fused-ring (bicyclic) bond motifs is 1. The van der Waals surface area contributed by atoms with Crippen molar-refractivity contribution in [3.05, 3.63) is 72.9 Å². The zero-order valence-electron chi connectivity index (χ0n) is 11.8. The highest BCUT2D eigenvalue weighted by Gasteiger charge is 2.14. The Morgan fingerprint density at radius 1 is 0.818 bits per heavy atom. The Hall–Kier alpha value is -3.14. The summed E-state index contributed by atoms with van der Waals surface area (Å²) in [5.74, 6) is 0.861. The van der Waals surface area contributed by atoms with Crippen LogP contribution >= 0.6 is 0 Å². The SMILES string of the molecule is Nc1ccc(-c2nc3cccnc3n2-c2ccccc2)cc1. The van der Waals surface area contributed by atoms with Crippen LogP contribution in [0, 0.1) is 0 Å². The van der Waals surface area contributed by atoms with Crippen LogP contribution in [0.15, 0.2) is 72.9 Å². The molecular formula is C18H14N4. The van der Waals surface area contributed by atoms with Crippen molar-refractivity contribution in [2.45, 2.75) is 0 Å². The van der Waals surface area contributed by atoms with E-state index in [0.717, 1.165) is 33.9 Å². The van der Waals surface area contributed by atoms with Gasteiger partial charge in [-0.25, -0.2) is 9.97 Å². The second-order valence-corrected chi connectivity index (χ2v) is 5.07. The van der Waals surface area contributed by atoms with Gasteiger partial charge < -0.3 is 5.73 Å². The molecular weight excluding hydrogens is 272 g/mol. The molecule has 2 N–H and O–H groups in total. The molecule has 4 aromatic rings. The van der Waals surface area contributed by atoms with E-state index >= 15 is 0 Å². The molecule has 106 valence electrons. The first-order valence-electron chi connectivity index (χ1n) is 7.08. The van der Waals surface area contributed by atoms with E-state index in [0.29, 0.717) is 0 Å². The highest BCUT2D eigenvalue weighted by molar-refractivity contribution is 5.80. The molecule has 0 spiro atoms. The summed E-state index contributed by atoms with van der Waals surface area (Å²) in [6, 6.07) is 21.7. The minimum Gasteiger partial charge on any atom is -0.399 e. The lowest BCUT2D eigenvalue weighted by molar-refractivity contribution is 1.08. The Labute approximate surface area is 127 Å². The molecule has 4 rings (SSSR count).